The van der Waals surface area contributed by atoms with Gasteiger partial charge in [-0.1, -0.05) is 20.8 Å². The van der Waals surface area contributed by atoms with Gasteiger partial charge in [0.15, 0.2) is 0 Å². The summed E-state index contributed by atoms with van der Waals surface area (Å²) in [6.45, 7) is 7.75. The highest BCUT2D eigenvalue weighted by atomic mass is 16.4. The van der Waals surface area contributed by atoms with Gasteiger partial charge in [0.2, 0.25) is 11.8 Å². The molecule has 0 saturated carbocycles. The van der Waals surface area contributed by atoms with Gasteiger partial charge in [0.1, 0.15) is 6.04 Å². The predicted octanol–water partition coefficient (Wildman–Crippen LogP) is 0.860. The van der Waals surface area contributed by atoms with E-state index in [0.29, 0.717) is 19.4 Å². The SMILES string of the molecule is CC(NC(=O)C(C)(C)C)C(=O)N1CCC[C@H](C(=O)O)C1. The average molecular weight is 284 g/mol. The van der Waals surface area contributed by atoms with E-state index in [1.165, 1.54) is 4.90 Å². The van der Waals surface area contributed by atoms with Crippen LogP contribution in [0.2, 0.25) is 0 Å². The number of carboxylic acids is 1. The first-order valence-corrected chi connectivity index (χ1v) is 6.95. The Morgan fingerprint density at radius 2 is 1.90 bits per heavy atom. The van der Waals surface area contributed by atoms with Crippen LogP contribution in [0.3, 0.4) is 0 Å². The summed E-state index contributed by atoms with van der Waals surface area (Å²) in [4.78, 5) is 36.6. The van der Waals surface area contributed by atoms with E-state index >= 15 is 0 Å². The summed E-state index contributed by atoms with van der Waals surface area (Å²) in [6, 6.07) is -0.630. The van der Waals surface area contributed by atoms with Crippen molar-refractivity contribution < 1.29 is 19.5 Å². The van der Waals surface area contributed by atoms with Crippen molar-refractivity contribution in [1.29, 1.82) is 0 Å². The molecule has 2 N–H and O–H groups in total. The molecule has 20 heavy (non-hydrogen) atoms. The van der Waals surface area contributed by atoms with Crippen molar-refractivity contribution in [3.8, 4) is 0 Å². The summed E-state index contributed by atoms with van der Waals surface area (Å²) in [6.07, 6.45) is 1.28. The van der Waals surface area contributed by atoms with Crippen molar-refractivity contribution in [1.82, 2.24) is 10.2 Å². The third kappa shape index (κ3) is 4.21. The van der Waals surface area contributed by atoms with Gasteiger partial charge in [-0.05, 0) is 19.8 Å². The Morgan fingerprint density at radius 1 is 1.30 bits per heavy atom. The molecule has 0 radical (unpaired) electrons. The van der Waals surface area contributed by atoms with Crippen molar-refractivity contribution in [2.24, 2.45) is 11.3 Å². The highest BCUT2D eigenvalue weighted by molar-refractivity contribution is 5.89. The number of piperidine rings is 1. The number of nitrogens with one attached hydrogen (secondary N) is 1. The van der Waals surface area contributed by atoms with Crippen LogP contribution in [0, 0.1) is 11.3 Å². The van der Waals surface area contributed by atoms with Crippen molar-refractivity contribution >= 4 is 17.8 Å². The van der Waals surface area contributed by atoms with Gasteiger partial charge >= 0.3 is 5.97 Å². The molecule has 0 aliphatic carbocycles. The van der Waals surface area contributed by atoms with Crippen LogP contribution in [0.5, 0.6) is 0 Å². The van der Waals surface area contributed by atoms with Crippen LogP contribution in [0.15, 0.2) is 0 Å². The number of nitrogens with zero attached hydrogens (tertiary/aromatic N) is 1. The molecule has 114 valence electrons. The van der Waals surface area contributed by atoms with Crippen molar-refractivity contribution in [2.75, 3.05) is 13.1 Å². The van der Waals surface area contributed by atoms with E-state index in [-0.39, 0.29) is 18.4 Å². The fraction of sp³-hybridized carbons (Fsp3) is 0.786. The number of carbonyl (C=O) groups is 3. The molecule has 0 aromatic rings. The molecular formula is C14H24N2O4. The van der Waals surface area contributed by atoms with Crippen molar-refractivity contribution in [2.45, 2.75) is 46.6 Å². The number of likely N-dealkylation sites (tertiary alicyclic amines) is 1. The number of hydrogen-bond donors (Lipinski definition) is 2. The molecule has 0 aromatic heterocycles. The highest BCUT2D eigenvalue weighted by Crippen LogP contribution is 2.18. The third-order valence-corrected chi connectivity index (χ3v) is 3.48. The molecule has 1 unspecified atom stereocenters. The Labute approximate surface area is 119 Å². The quantitative estimate of drug-likeness (QED) is 0.804. The maximum absolute atomic E-state index is 12.2. The molecule has 6 heteroatoms. The van der Waals surface area contributed by atoms with E-state index in [4.69, 9.17) is 5.11 Å². The third-order valence-electron chi connectivity index (χ3n) is 3.48. The second kappa shape index (κ2) is 6.24. The zero-order valence-corrected chi connectivity index (χ0v) is 12.6. The van der Waals surface area contributed by atoms with E-state index < -0.39 is 23.3 Å². The van der Waals surface area contributed by atoms with Gasteiger partial charge < -0.3 is 15.3 Å². The van der Waals surface area contributed by atoms with Gasteiger partial charge in [-0.25, -0.2) is 0 Å². The minimum atomic E-state index is -0.867. The maximum Gasteiger partial charge on any atom is 0.308 e. The zero-order valence-electron chi connectivity index (χ0n) is 12.6. The molecule has 0 aromatic carbocycles. The number of rotatable bonds is 3. The number of amides is 2. The average Bonchev–Trinajstić information content (AvgIpc) is 2.36. The fourth-order valence-electron chi connectivity index (χ4n) is 2.13. The molecule has 2 amide bonds. The molecule has 1 heterocycles. The second-order valence-electron chi connectivity index (χ2n) is 6.41. The van der Waals surface area contributed by atoms with E-state index in [1.54, 1.807) is 27.7 Å². The first-order valence-electron chi connectivity index (χ1n) is 6.95. The number of carboxylic acid groups (broad SMARTS) is 1. The molecule has 0 spiro atoms. The Balaban J connectivity index is 2.60. The Bertz CT molecular complexity index is 400. The number of aliphatic carboxylic acids is 1. The molecule has 1 saturated heterocycles. The van der Waals surface area contributed by atoms with Crippen molar-refractivity contribution in [3.05, 3.63) is 0 Å². The second-order valence-corrected chi connectivity index (χ2v) is 6.41. The van der Waals surface area contributed by atoms with E-state index in [1.807, 2.05) is 0 Å². The lowest BCUT2D eigenvalue weighted by atomic mass is 9.95. The lowest BCUT2D eigenvalue weighted by molar-refractivity contribution is -0.147. The zero-order chi connectivity index (χ0) is 15.5. The topological polar surface area (TPSA) is 86.7 Å². The predicted molar refractivity (Wildman–Crippen MR) is 74.0 cm³/mol. The smallest absolute Gasteiger partial charge is 0.308 e. The van der Waals surface area contributed by atoms with Gasteiger partial charge in [0.25, 0.3) is 0 Å². The largest absolute Gasteiger partial charge is 0.481 e. The maximum atomic E-state index is 12.2. The van der Waals surface area contributed by atoms with Crippen LogP contribution in [0.4, 0.5) is 0 Å². The van der Waals surface area contributed by atoms with E-state index in [2.05, 4.69) is 5.32 Å². The van der Waals surface area contributed by atoms with Gasteiger partial charge in [-0.3, -0.25) is 14.4 Å². The first-order chi connectivity index (χ1) is 9.12. The monoisotopic (exact) mass is 284 g/mol. The summed E-state index contributed by atoms with van der Waals surface area (Å²) in [7, 11) is 0. The summed E-state index contributed by atoms with van der Waals surface area (Å²) < 4.78 is 0. The normalized spacial score (nSPS) is 21.2. The van der Waals surface area contributed by atoms with Gasteiger partial charge in [0, 0.05) is 18.5 Å². The molecule has 1 aliphatic rings. The molecule has 0 bridgehead atoms. The van der Waals surface area contributed by atoms with Crippen LogP contribution in [-0.2, 0) is 14.4 Å². The molecule has 1 aliphatic heterocycles. The van der Waals surface area contributed by atoms with Crippen LogP contribution >= 0.6 is 0 Å². The summed E-state index contributed by atoms with van der Waals surface area (Å²) in [5.74, 6) is -1.77. The lowest BCUT2D eigenvalue weighted by Crippen LogP contribution is -2.52. The van der Waals surface area contributed by atoms with Gasteiger partial charge in [-0.15, -0.1) is 0 Å². The molecule has 1 rings (SSSR count). The molecule has 6 nitrogen and oxygen atoms in total. The fourth-order valence-corrected chi connectivity index (χ4v) is 2.13. The number of carbonyl (C=O) groups excluding carboxylic acids is 2. The summed E-state index contributed by atoms with van der Waals surface area (Å²) in [5, 5.41) is 11.7. The van der Waals surface area contributed by atoms with Crippen LogP contribution in [0.25, 0.3) is 0 Å². The summed E-state index contributed by atoms with van der Waals surface area (Å²) in [5.41, 5.74) is -0.556. The van der Waals surface area contributed by atoms with E-state index in [0.717, 1.165) is 0 Å². The van der Waals surface area contributed by atoms with Crippen LogP contribution < -0.4 is 5.32 Å². The van der Waals surface area contributed by atoms with E-state index in [9.17, 15) is 14.4 Å². The molecule has 2 atom stereocenters. The number of hydrogen-bond acceptors (Lipinski definition) is 3. The molecular weight excluding hydrogens is 260 g/mol. The summed E-state index contributed by atoms with van der Waals surface area (Å²) >= 11 is 0. The van der Waals surface area contributed by atoms with Crippen LogP contribution in [-0.4, -0.2) is 46.9 Å². The van der Waals surface area contributed by atoms with Crippen LogP contribution in [0.1, 0.15) is 40.5 Å². The minimum absolute atomic E-state index is 0.190. The molecule has 1 fully saturated rings. The highest BCUT2D eigenvalue weighted by Gasteiger charge is 2.32. The lowest BCUT2D eigenvalue weighted by Gasteiger charge is -2.33. The Hall–Kier alpha value is -1.59. The standard InChI is InChI=1S/C14H24N2O4/c1-9(15-13(20)14(2,3)4)11(17)16-7-5-6-10(8-16)12(18)19/h9-10H,5-8H2,1-4H3,(H,15,20)(H,18,19)/t9?,10-/m0/s1. The Morgan fingerprint density at radius 3 is 2.40 bits per heavy atom. The minimum Gasteiger partial charge on any atom is -0.481 e. The van der Waals surface area contributed by atoms with Gasteiger partial charge in [-0.2, -0.15) is 0 Å². The van der Waals surface area contributed by atoms with Crippen molar-refractivity contribution in [3.63, 3.8) is 0 Å². The van der Waals surface area contributed by atoms with Gasteiger partial charge in [0.05, 0.1) is 5.92 Å². The Kier molecular flexibility index (Phi) is 5.14. The first kappa shape index (κ1) is 16.5.